The molecule has 3 aromatic rings. The number of halogens is 1. The Kier molecular flexibility index (Phi) is 6.88. The monoisotopic (exact) mass is 481 g/mol. The maximum atomic E-state index is 12.6. The van der Waals surface area contributed by atoms with E-state index in [1.54, 1.807) is 49.6 Å². The number of ether oxygens (including phenoxy) is 3. The second kappa shape index (κ2) is 10.2. The number of carbonyl (C=O) groups excluding carboxylic acids is 2. The van der Waals surface area contributed by atoms with Crippen LogP contribution in [-0.2, 0) is 11.3 Å². The minimum atomic E-state index is -0.603. The molecule has 1 aliphatic rings. The molecule has 0 atom stereocenters. The van der Waals surface area contributed by atoms with Gasteiger partial charge in [0, 0.05) is 11.3 Å². The lowest BCUT2D eigenvalue weighted by molar-refractivity contribution is 0.102. The third kappa shape index (κ3) is 5.07. The van der Waals surface area contributed by atoms with Crippen LogP contribution in [0.25, 0.3) is 0 Å². The summed E-state index contributed by atoms with van der Waals surface area (Å²) in [4.78, 5) is 25.0. The topological polar surface area (TPSA) is 115 Å². The Morgan fingerprint density at radius 1 is 1.09 bits per heavy atom. The summed E-state index contributed by atoms with van der Waals surface area (Å²) >= 11 is 5.73. The standard InChI is InChI=1S/C23H20ClN5O5/c1-32-19-9-7-14(11-20(19)33-2)18-13-34-23(31)29(28-18)12-15-5-3-4-6-16(15)25-22(30)17-8-10-21(24)27-26-17/h3-11H,12-13H2,1-2H3,(H,25,30). The second-order valence-electron chi connectivity index (χ2n) is 7.08. The van der Waals surface area contributed by atoms with Crippen molar-refractivity contribution in [1.29, 1.82) is 0 Å². The van der Waals surface area contributed by atoms with Gasteiger partial charge in [-0.05, 0) is 42.0 Å². The van der Waals surface area contributed by atoms with Crippen molar-refractivity contribution in [3.05, 3.63) is 76.6 Å². The van der Waals surface area contributed by atoms with E-state index >= 15 is 0 Å². The van der Waals surface area contributed by atoms with Gasteiger partial charge in [-0.3, -0.25) is 4.79 Å². The molecule has 1 aromatic heterocycles. The Labute approximate surface area is 200 Å². The fraction of sp³-hybridized carbons (Fsp3) is 0.174. The predicted molar refractivity (Wildman–Crippen MR) is 124 cm³/mol. The first-order chi connectivity index (χ1) is 16.5. The molecule has 0 aliphatic carbocycles. The van der Waals surface area contributed by atoms with E-state index in [0.717, 1.165) is 5.56 Å². The van der Waals surface area contributed by atoms with Gasteiger partial charge in [0.1, 0.15) is 12.3 Å². The third-order valence-corrected chi connectivity index (χ3v) is 5.15. The lowest BCUT2D eigenvalue weighted by Crippen LogP contribution is -2.35. The first-order valence-electron chi connectivity index (χ1n) is 10.1. The SMILES string of the molecule is COc1ccc(C2=NN(Cc3ccccc3NC(=O)c3ccc(Cl)nn3)C(=O)OC2)cc1OC. The number of cyclic esters (lactones) is 1. The number of hydrogen-bond acceptors (Lipinski definition) is 8. The van der Waals surface area contributed by atoms with E-state index in [4.69, 9.17) is 25.8 Å². The van der Waals surface area contributed by atoms with Crippen molar-refractivity contribution in [3.63, 3.8) is 0 Å². The molecule has 0 spiro atoms. The molecule has 11 heteroatoms. The minimum Gasteiger partial charge on any atom is -0.493 e. The molecule has 34 heavy (non-hydrogen) atoms. The molecular weight excluding hydrogens is 462 g/mol. The number of nitrogens with zero attached hydrogens (tertiary/aromatic N) is 4. The minimum absolute atomic E-state index is 0.0123. The third-order valence-electron chi connectivity index (χ3n) is 4.95. The van der Waals surface area contributed by atoms with Gasteiger partial charge in [-0.2, -0.15) is 10.1 Å². The summed E-state index contributed by atoms with van der Waals surface area (Å²) in [5.41, 5.74) is 2.50. The number of hydrogen-bond donors (Lipinski definition) is 1. The number of benzene rings is 2. The van der Waals surface area contributed by atoms with Gasteiger partial charge in [-0.1, -0.05) is 29.8 Å². The summed E-state index contributed by atoms with van der Waals surface area (Å²) in [7, 11) is 3.09. The predicted octanol–water partition coefficient (Wildman–Crippen LogP) is 3.76. The van der Waals surface area contributed by atoms with E-state index in [1.807, 2.05) is 0 Å². The number of methoxy groups -OCH3 is 2. The first-order valence-corrected chi connectivity index (χ1v) is 10.5. The smallest absolute Gasteiger partial charge is 0.431 e. The largest absolute Gasteiger partial charge is 0.493 e. The van der Waals surface area contributed by atoms with E-state index in [9.17, 15) is 9.59 Å². The molecule has 0 unspecified atom stereocenters. The van der Waals surface area contributed by atoms with Crippen LogP contribution >= 0.6 is 11.6 Å². The summed E-state index contributed by atoms with van der Waals surface area (Å²) in [6.45, 7) is 0.0802. The average Bonchev–Trinajstić information content (AvgIpc) is 2.86. The highest BCUT2D eigenvalue weighted by Crippen LogP contribution is 2.29. The number of rotatable bonds is 7. The van der Waals surface area contributed by atoms with Gasteiger partial charge in [0.25, 0.3) is 5.91 Å². The number of para-hydroxylation sites is 1. The van der Waals surface area contributed by atoms with Crippen molar-refractivity contribution in [2.24, 2.45) is 5.10 Å². The molecule has 0 saturated carbocycles. The van der Waals surface area contributed by atoms with Crippen LogP contribution in [0.1, 0.15) is 21.6 Å². The van der Waals surface area contributed by atoms with E-state index in [-0.39, 0.29) is 24.0 Å². The highest BCUT2D eigenvalue weighted by atomic mass is 35.5. The molecular formula is C23H20ClN5O5. The van der Waals surface area contributed by atoms with Crippen LogP contribution in [0, 0.1) is 0 Å². The van der Waals surface area contributed by atoms with Gasteiger partial charge >= 0.3 is 6.09 Å². The maximum Gasteiger partial charge on any atom is 0.431 e. The van der Waals surface area contributed by atoms with Crippen LogP contribution in [0.4, 0.5) is 10.5 Å². The summed E-state index contributed by atoms with van der Waals surface area (Å²) < 4.78 is 15.9. The first kappa shape index (κ1) is 23.0. The number of nitrogens with one attached hydrogen (secondary N) is 1. The van der Waals surface area contributed by atoms with Gasteiger partial charge in [0.05, 0.1) is 20.8 Å². The Morgan fingerprint density at radius 3 is 2.62 bits per heavy atom. The second-order valence-corrected chi connectivity index (χ2v) is 7.47. The van der Waals surface area contributed by atoms with Gasteiger partial charge in [0.2, 0.25) is 0 Å². The van der Waals surface area contributed by atoms with E-state index in [0.29, 0.717) is 28.5 Å². The summed E-state index contributed by atoms with van der Waals surface area (Å²) in [5.74, 6) is 0.642. The van der Waals surface area contributed by atoms with Crippen molar-refractivity contribution in [1.82, 2.24) is 15.2 Å². The zero-order valence-electron chi connectivity index (χ0n) is 18.3. The highest BCUT2D eigenvalue weighted by molar-refractivity contribution is 6.29. The Bertz CT molecular complexity index is 1250. The summed E-state index contributed by atoms with van der Waals surface area (Å²) in [5, 5.41) is 16.1. The van der Waals surface area contributed by atoms with Crippen LogP contribution < -0.4 is 14.8 Å². The molecule has 0 saturated heterocycles. The Hall–Kier alpha value is -4.18. The molecule has 2 aromatic carbocycles. The van der Waals surface area contributed by atoms with Crippen molar-refractivity contribution >= 4 is 35.0 Å². The molecule has 1 N–H and O–H groups in total. The number of amides is 2. The van der Waals surface area contributed by atoms with Crippen LogP contribution in [0.5, 0.6) is 11.5 Å². The van der Waals surface area contributed by atoms with Crippen LogP contribution in [0.15, 0.2) is 59.7 Å². The molecule has 10 nitrogen and oxygen atoms in total. The number of carbonyl (C=O) groups is 2. The van der Waals surface area contributed by atoms with Gasteiger partial charge in [0.15, 0.2) is 22.3 Å². The molecule has 1 aliphatic heterocycles. The van der Waals surface area contributed by atoms with E-state index in [2.05, 4.69) is 20.6 Å². The number of aromatic nitrogens is 2. The van der Waals surface area contributed by atoms with Gasteiger partial charge in [-0.25, -0.2) is 4.79 Å². The van der Waals surface area contributed by atoms with E-state index < -0.39 is 12.0 Å². The van der Waals surface area contributed by atoms with Crippen LogP contribution in [0.3, 0.4) is 0 Å². The maximum absolute atomic E-state index is 12.6. The summed E-state index contributed by atoms with van der Waals surface area (Å²) in [6, 6.07) is 15.3. The Morgan fingerprint density at radius 2 is 1.88 bits per heavy atom. The number of hydrazone groups is 1. The van der Waals surface area contributed by atoms with Crippen molar-refractivity contribution < 1.29 is 23.8 Å². The molecule has 0 fully saturated rings. The average molecular weight is 482 g/mol. The highest BCUT2D eigenvalue weighted by Gasteiger charge is 2.25. The molecule has 2 amide bonds. The number of anilines is 1. The molecule has 2 heterocycles. The van der Waals surface area contributed by atoms with Crippen molar-refractivity contribution in [2.45, 2.75) is 6.54 Å². The van der Waals surface area contributed by atoms with Gasteiger partial charge in [-0.15, -0.1) is 10.2 Å². The quantitative estimate of drug-likeness (QED) is 0.546. The van der Waals surface area contributed by atoms with Crippen molar-refractivity contribution in [2.75, 3.05) is 26.1 Å². The van der Waals surface area contributed by atoms with Crippen LogP contribution in [0.2, 0.25) is 5.15 Å². The van der Waals surface area contributed by atoms with E-state index in [1.165, 1.54) is 24.3 Å². The molecule has 0 bridgehead atoms. The zero-order valence-corrected chi connectivity index (χ0v) is 19.1. The summed E-state index contributed by atoms with van der Waals surface area (Å²) in [6.07, 6.45) is -0.603. The van der Waals surface area contributed by atoms with Gasteiger partial charge < -0.3 is 19.5 Å². The normalized spacial score (nSPS) is 13.1. The fourth-order valence-corrected chi connectivity index (χ4v) is 3.34. The zero-order chi connectivity index (χ0) is 24.1. The van der Waals surface area contributed by atoms with Crippen LogP contribution in [-0.4, -0.2) is 53.7 Å². The Balaban J connectivity index is 1.56. The molecule has 174 valence electrons. The molecule has 4 rings (SSSR count). The lowest BCUT2D eigenvalue weighted by atomic mass is 10.1. The fourth-order valence-electron chi connectivity index (χ4n) is 3.24. The van der Waals surface area contributed by atoms with Crippen molar-refractivity contribution in [3.8, 4) is 11.5 Å². The lowest BCUT2D eigenvalue weighted by Gasteiger charge is -2.24. The molecule has 0 radical (unpaired) electrons.